The summed E-state index contributed by atoms with van der Waals surface area (Å²) >= 11 is 0. The van der Waals surface area contributed by atoms with E-state index in [1.807, 2.05) is 6.08 Å². The highest BCUT2D eigenvalue weighted by atomic mass is 16.3. The lowest BCUT2D eigenvalue weighted by atomic mass is 10.0. The Morgan fingerprint density at radius 3 is 1.11 bits per heavy atom. The lowest BCUT2D eigenvalue weighted by molar-refractivity contribution is -0.123. The van der Waals surface area contributed by atoms with E-state index in [4.69, 9.17) is 0 Å². The van der Waals surface area contributed by atoms with E-state index in [-0.39, 0.29) is 12.5 Å². The van der Waals surface area contributed by atoms with Crippen molar-refractivity contribution in [3.63, 3.8) is 0 Å². The van der Waals surface area contributed by atoms with Crippen LogP contribution >= 0.6 is 0 Å². The van der Waals surface area contributed by atoms with E-state index >= 15 is 0 Å². The van der Waals surface area contributed by atoms with E-state index in [1.54, 1.807) is 6.08 Å². The molecule has 0 bridgehead atoms. The molecular formula is C59H101NO3. The maximum absolute atomic E-state index is 12.4. The van der Waals surface area contributed by atoms with Gasteiger partial charge in [0.2, 0.25) is 5.91 Å². The molecule has 0 rings (SSSR count). The number of rotatable bonds is 47. The van der Waals surface area contributed by atoms with Crippen molar-refractivity contribution in [2.24, 2.45) is 0 Å². The van der Waals surface area contributed by atoms with Crippen LogP contribution < -0.4 is 5.32 Å². The van der Waals surface area contributed by atoms with Gasteiger partial charge in [-0.1, -0.05) is 252 Å². The summed E-state index contributed by atoms with van der Waals surface area (Å²) in [7, 11) is 0. The van der Waals surface area contributed by atoms with Crippen LogP contribution in [0.3, 0.4) is 0 Å². The minimum Gasteiger partial charge on any atom is -0.394 e. The molecule has 1 amide bonds. The van der Waals surface area contributed by atoms with Gasteiger partial charge in [0.1, 0.15) is 0 Å². The topological polar surface area (TPSA) is 69.6 Å². The van der Waals surface area contributed by atoms with Gasteiger partial charge in [0, 0.05) is 6.42 Å². The average Bonchev–Trinajstić information content (AvgIpc) is 3.29. The van der Waals surface area contributed by atoms with Crippen LogP contribution in [0.1, 0.15) is 239 Å². The second kappa shape index (κ2) is 53.4. The first-order valence-electron chi connectivity index (χ1n) is 26.6. The molecule has 0 aliphatic carbocycles. The molecule has 0 aliphatic heterocycles. The summed E-state index contributed by atoms with van der Waals surface area (Å²) in [6, 6.07) is -0.659. The highest BCUT2D eigenvalue weighted by Crippen LogP contribution is 2.15. The Morgan fingerprint density at radius 1 is 0.397 bits per heavy atom. The number of unbranched alkanes of at least 4 members (excludes halogenated alkanes) is 24. The molecule has 2 atom stereocenters. The summed E-state index contributed by atoms with van der Waals surface area (Å²) in [5, 5.41) is 23.1. The van der Waals surface area contributed by atoms with E-state index in [0.717, 1.165) is 89.9 Å². The highest BCUT2D eigenvalue weighted by Gasteiger charge is 2.17. The molecule has 0 heterocycles. The number of nitrogens with one attached hydrogen (secondary N) is 1. The Labute approximate surface area is 391 Å². The first-order valence-corrected chi connectivity index (χ1v) is 26.6. The molecule has 0 saturated carbocycles. The molecule has 0 aromatic rings. The smallest absolute Gasteiger partial charge is 0.220 e. The number of carbonyl (C=O) groups excluding carboxylic acids is 1. The Hall–Kier alpha value is -2.95. The van der Waals surface area contributed by atoms with E-state index < -0.39 is 12.1 Å². The highest BCUT2D eigenvalue weighted by molar-refractivity contribution is 5.76. The first kappa shape index (κ1) is 60.1. The fourth-order valence-electron chi connectivity index (χ4n) is 7.47. The van der Waals surface area contributed by atoms with Crippen molar-refractivity contribution < 1.29 is 15.0 Å². The van der Waals surface area contributed by atoms with Crippen LogP contribution in [0.5, 0.6) is 0 Å². The number of aliphatic hydroxyl groups is 2. The molecular weight excluding hydrogens is 771 g/mol. The number of allylic oxidation sites excluding steroid dienone is 17. The van der Waals surface area contributed by atoms with Gasteiger partial charge in [0.15, 0.2) is 0 Å². The predicted octanol–water partition coefficient (Wildman–Crippen LogP) is 17.5. The zero-order valence-corrected chi connectivity index (χ0v) is 41.3. The van der Waals surface area contributed by atoms with Crippen LogP contribution in [0.4, 0.5) is 0 Å². The summed E-state index contributed by atoms with van der Waals surface area (Å²) in [5.74, 6) is -0.0960. The van der Waals surface area contributed by atoms with Gasteiger partial charge in [-0.25, -0.2) is 0 Å². The largest absolute Gasteiger partial charge is 0.394 e. The summed E-state index contributed by atoms with van der Waals surface area (Å²) in [4.78, 5) is 12.4. The fourth-order valence-corrected chi connectivity index (χ4v) is 7.47. The van der Waals surface area contributed by atoms with Gasteiger partial charge in [0.05, 0.1) is 18.8 Å². The zero-order valence-electron chi connectivity index (χ0n) is 41.3. The predicted molar refractivity (Wildman–Crippen MR) is 280 cm³/mol. The maximum atomic E-state index is 12.4. The normalized spacial score (nSPS) is 13.8. The molecule has 0 fully saturated rings. The van der Waals surface area contributed by atoms with Crippen molar-refractivity contribution in [3.8, 4) is 0 Å². The van der Waals surface area contributed by atoms with Crippen molar-refractivity contribution >= 4 is 5.91 Å². The molecule has 0 spiro atoms. The molecule has 360 valence electrons. The molecule has 0 aromatic carbocycles. The van der Waals surface area contributed by atoms with Crippen molar-refractivity contribution in [2.75, 3.05) is 6.61 Å². The second-order valence-electron chi connectivity index (χ2n) is 17.6. The molecule has 4 heteroatoms. The molecule has 0 radical (unpaired) electrons. The van der Waals surface area contributed by atoms with Crippen molar-refractivity contribution in [1.29, 1.82) is 0 Å². The van der Waals surface area contributed by atoms with Crippen molar-refractivity contribution in [1.82, 2.24) is 5.32 Å². The van der Waals surface area contributed by atoms with Gasteiger partial charge in [0.25, 0.3) is 0 Å². The lowest BCUT2D eigenvalue weighted by Gasteiger charge is -2.19. The zero-order chi connectivity index (χ0) is 45.6. The molecule has 2 unspecified atom stereocenters. The third kappa shape index (κ3) is 49.9. The minimum absolute atomic E-state index is 0.0960. The Bertz CT molecular complexity index is 1220. The molecule has 63 heavy (non-hydrogen) atoms. The van der Waals surface area contributed by atoms with Gasteiger partial charge in [-0.3, -0.25) is 4.79 Å². The van der Waals surface area contributed by atoms with E-state index in [0.29, 0.717) is 6.42 Å². The van der Waals surface area contributed by atoms with E-state index in [2.05, 4.69) is 116 Å². The molecule has 0 aromatic heterocycles. The number of hydrogen-bond donors (Lipinski definition) is 3. The van der Waals surface area contributed by atoms with Crippen LogP contribution in [0.2, 0.25) is 0 Å². The van der Waals surface area contributed by atoms with Crippen LogP contribution in [0.15, 0.2) is 109 Å². The van der Waals surface area contributed by atoms with Crippen LogP contribution in [-0.2, 0) is 4.79 Å². The minimum atomic E-state index is -0.880. The SMILES string of the molecule is CC/C=C\C/C=C\C/C=C\C/C=C\C/C=C\C/C=C\C/C=C\CCCCCCCC(=O)NC(CO)C(O)/C=C/CC/C=C/CCCCCCCCCCCCCCCCCCCC. The monoisotopic (exact) mass is 872 g/mol. The third-order valence-corrected chi connectivity index (χ3v) is 11.5. The summed E-state index contributed by atoms with van der Waals surface area (Å²) < 4.78 is 0. The Morgan fingerprint density at radius 2 is 0.714 bits per heavy atom. The van der Waals surface area contributed by atoms with Gasteiger partial charge in [-0.15, -0.1) is 0 Å². The first-order chi connectivity index (χ1) is 31.2. The van der Waals surface area contributed by atoms with Gasteiger partial charge >= 0.3 is 0 Å². The summed E-state index contributed by atoms with van der Waals surface area (Å²) in [5.41, 5.74) is 0. The lowest BCUT2D eigenvalue weighted by Crippen LogP contribution is -2.45. The second-order valence-corrected chi connectivity index (χ2v) is 17.6. The van der Waals surface area contributed by atoms with Gasteiger partial charge in [-0.05, 0) is 89.9 Å². The Balaban J connectivity index is 3.67. The van der Waals surface area contributed by atoms with Gasteiger partial charge in [-0.2, -0.15) is 0 Å². The third-order valence-electron chi connectivity index (χ3n) is 11.5. The number of aliphatic hydroxyl groups excluding tert-OH is 2. The molecule has 3 N–H and O–H groups in total. The van der Waals surface area contributed by atoms with Crippen LogP contribution in [0, 0.1) is 0 Å². The van der Waals surface area contributed by atoms with Crippen molar-refractivity contribution in [3.05, 3.63) is 109 Å². The number of amides is 1. The van der Waals surface area contributed by atoms with Crippen LogP contribution in [0.25, 0.3) is 0 Å². The summed E-state index contributed by atoms with van der Waals surface area (Å²) in [6.07, 6.45) is 80.9. The molecule has 0 aliphatic rings. The quantitative estimate of drug-likeness (QED) is 0.0421. The van der Waals surface area contributed by atoms with E-state index in [9.17, 15) is 15.0 Å². The number of carbonyl (C=O) groups is 1. The Kier molecular flexibility index (Phi) is 50.9. The standard InChI is InChI=1S/C59H101NO3/c1-3-5-7-9-11-13-15-17-19-21-23-25-27-29-30-31-33-35-37-39-41-43-45-47-49-51-53-55-59(63)60-57(56-61)58(62)54-52-50-48-46-44-42-40-38-36-34-32-28-26-24-22-20-18-16-14-12-10-8-6-4-2/h5,7,11,13,17,19,23,25,29-30,33,35,39,41,44,46,52,54,57-58,61-62H,3-4,6,8-10,12,14-16,18,20-22,24,26-28,31-32,34,36-38,40,42-43,45,47-51,53,55-56H2,1-2H3,(H,60,63)/b7-5-,13-11-,19-17-,25-23-,30-29-,35-33-,41-39-,46-44+,54-52+. The van der Waals surface area contributed by atoms with Gasteiger partial charge < -0.3 is 15.5 Å². The fraction of sp³-hybridized carbons (Fsp3) is 0.678. The molecule has 0 saturated heterocycles. The molecule has 4 nitrogen and oxygen atoms in total. The average molecular weight is 872 g/mol. The van der Waals surface area contributed by atoms with Crippen LogP contribution in [-0.4, -0.2) is 34.9 Å². The number of hydrogen-bond acceptors (Lipinski definition) is 3. The maximum Gasteiger partial charge on any atom is 0.220 e. The van der Waals surface area contributed by atoms with Crippen molar-refractivity contribution in [2.45, 2.75) is 251 Å². The van der Waals surface area contributed by atoms with E-state index in [1.165, 1.54) is 128 Å². The summed E-state index contributed by atoms with van der Waals surface area (Å²) in [6.45, 7) is 4.18.